The second-order valence-corrected chi connectivity index (χ2v) is 6.97. The summed E-state index contributed by atoms with van der Waals surface area (Å²) in [5.74, 6) is -0.0201. The fraction of sp³-hybridized carbons (Fsp3) is 0.571. The van der Waals surface area contributed by atoms with E-state index in [0.717, 1.165) is 30.4 Å². The molecule has 1 saturated carbocycles. The zero-order valence-electron chi connectivity index (χ0n) is 11.7. The first-order chi connectivity index (χ1) is 9.54. The van der Waals surface area contributed by atoms with Gasteiger partial charge in [-0.05, 0) is 30.4 Å². The smallest absolute Gasteiger partial charge is 0.216 e. The summed E-state index contributed by atoms with van der Waals surface area (Å²) in [6.45, 7) is 0.412. The summed E-state index contributed by atoms with van der Waals surface area (Å²) in [7, 11) is -1.73. The number of nitrogens with one attached hydrogen (secondary N) is 1. The Labute approximate surface area is 120 Å². The van der Waals surface area contributed by atoms with E-state index in [-0.39, 0.29) is 17.9 Å². The Kier molecular flexibility index (Phi) is 5.15. The van der Waals surface area contributed by atoms with E-state index in [0.29, 0.717) is 6.54 Å². The number of hydrogen-bond donors (Lipinski definition) is 2. The van der Waals surface area contributed by atoms with Crippen LogP contribution in [0.1, 0.15) is 30.4 Å². The molecular weight excluding hydrogens is 276 g/mol. The molecule has 1 aromatic carbocycles. The standard InChI is InChI=1S/C14H22N2O3S/c1-19-14-7-3-6-13(14)16-20(17,18)10-12-5-2-4-11(8-12)9-15/h2,4-5,8,13-14,16H,3,6-7,9-10,15H2,1H3. The third kappa shape index (κ3) is 4.02. The van der Waals surface area contributed by atoms with Crippen molar-refractivity contribution in [3.63, 3.8) is 0 Å². The van der Waals surface area contributed by atoms with E-state index in [4.69, 9.17) is 10.5 Å². The summed E-state index contributed by atoms with van der Waals surface area (Å²) in [5.41, 5.74) is 7.26. The molecule has 0 bridgehead atoms. The molecule has 2 rings (SSSR count). The first-order valence-electron chi connectivity index (χ1n) is 6.85. The zero-order valence-corrected chi connectivity index (χ0v) is 12.5. The molecule has 0 aliphatic heterocycles. The highest BCUT2D eigenvalue weighted by molar-refractivity contribution is 7.88. The Morgan fingerprint density at radius 2 is 2.10 bits per heavy atom. The lowest BCUT2D eigenvalue weighted by Gasteiger charge is -2.19. The van der Waals surface area contributed by atoms with Gasteiger partial charge in [0, 0.05) is 19.7 Å². The molecular formula is C14H22N2O3S. The van der Waals surface area contributed by atoms with Crippen molar-refractivity contribution in [1.82, 2.24) is 4.72 Å². The van der Waals surface area contributed by atoms with E-state index in [1.165, 1.54) is 0 Å². The van der Waals surface area contributed by atoms with Crippen LogP contribution in [0.15, 0.2) is 24.3 Å². The van der Waals surface area contributed by atoms with E-state index >= 15 is 0 Å². The third-order valence-electron chi connectivity index (χ3n) is 3.67. The van der Waals surface area contributed by atoms with Gasteiger partial charge in [-0.1, -0.05) is 24.3 Å². The number of rotatable bonds is 6. The number of methoxy groups -OCH3 is 1. The van der Waals surface area contributed by atoms with Crippen LogP contribution in [0.4, 0.5) is 0 Å². The molecule has 20 heavy (non-hydrogen) atoms. The number of ether oxygens (including phenoxy) is 1. The predicted octanol–water partition coefficient (Wildman–Crippen LogP) is 1.13. The minimum Gasteiger partial charge on any atom is -0.380 e. The van der Waals surface area contributed by atoms with Gasteiger partial charge in [-0.3, -0.25) is 0 Å². The molecule has 1 aliphatic rings. The average Bonchev–Trinajstić information content (AvgIpc) is 2.84. The van der Waals surface area contributed by atoms with E-state index in [9.17, 15) is 8.42 Å². The number of nitrogens with two attached hydrogens (primary N) is 1. The summed E-state index contributed by atoms with van der Waals surface area (Å²) in [6.07, 6.45) is 2.72. The van der Waals surface area contributed by atoms with Crippen LogP contribution in [0.2, 0.25) is 0 Å². The lowest BCUT2D eigenvalue weighted by atomic mass is 10.1. The normalized spacial score (nSPS) is 23.1. The van der Waals surface area contributed by atoms with E-state index in [1.54, 1.807) is 13.2 Å². The van der Waals surface area contributed by atoms with Crippen molar-refractivity contribution >= 4 is 10.0 Å². The van der Waals surface area contributed by atoms with Crippen molar-refractivity contribution in [3.05, 3.63) is 35.4 Å². The highest BCUT2D eigenvalue weighted by atomic mass is 32.2. The molecule has 2 unspecified atom stereocenters. The van der Waals surface area contributed by atoms with Crippen molar-refractivity contribution in [2.75, 3.05) is 7.11 Å². The molecule has 6 heteroatoms. The molecule has 3 N–H and O–H groups in total. The highest BCUT2D eigenvalue weighted by Gasteiger charge is 2.30. The Morgan fingerprint density at radius 3 is 2.80 bits per heavy atom. The van der Waals surface area contributed by atoms with Crippen molar-refractivity contribution in [2.45, 2.75) is 43.7 Å². The molecule has 0 amide bonds. The van der Waals surface area contributed by atoms with Crippen LogP contribution < -0.4 is 10.5 Å². The SMILES string of the molecule is COC1CCCC1NS(=O)(=O)Cc1cccc(CN)c1. The lowest BCUT2D eigenvalue weighted by Crippen LogP contribution is -2.41. The average molecular weight is 298 g/mol. The van der Waals surface area contributed by atoms with Gasteiger partial charge in [0.1, 0.15) is 0 Å². The van der Waals surface area contributed by atoms with Gasteiger partial charge < -0.3 is 10.5 Å². The van der Waals surface area contributed by atoms with Gasteiger partial charge >= 0.3 is 0 Å². The molecule has 112 valence electrons. The molecule has 2 atom stereocenters. The molecule has 0 aromatic heterocycles. The highest BCUT2D eigenvalue weighted by Crippen LogP contribution is 2.22. The maximum atomic E-state index is 12.2. The Hall–Kier alpha value is -0.950. The second kappa shape index (κ2) is 6.67. The summed E-state index contributed by atoms with van der Waals surface area (Å²) in [5, 5.41) is 0. The zero-order chi connectivity index (χ0) is 14.6. The van der Waals surface area contributed by atoms with Gasteiger partial charge in [0.2, 0.25) is 10.0 Å². The molecule has 1 aliphatic carbocycles. The number of sulfonamides is 1. The summed E-state index contributed by atoms with van der Waals surface area (Å²) >= 11 is 0. The van der Waals surface area contributed by atoms with Gasteiger partial charge in [0.25, 0.3) is 0 Å². The molecule has 5 nitrogen and oxygen atoms in total. The van der Waals surface area contributed by atoms with Crippen molar-refractivity contribution in [1.29, 1.82) is 0 Å². The molecule has 0 radical (unpaired) electrons. The minimum absolute atomic E-state index is 0.0137. The van der Waals surface area contributed by atoms with Gasteiger partial charge in [-0.25, -0.2) is 13.1 Å². The van der Waals surface area contributed by atoms with Gasteiger partial charge in [0.15, 0.2) is 0 Å². The molecule has 0 spiro atoms. The van der Waals surface area contributed by atoms with Gasteiger partial charge in [-0.15, -0.1) is 0 Å². The molecule has 1 aromatic rings. The first kappa shape index (κ1) is 15.4. The molecule has 0 saturated heterocycles. The fourth-order valence-electron chi connectivity index (χ4n) is 2.68. The van der Waals surface area contributed by atoms with E-state index in [2.05, 4.69) is 4.72 Å². The van der Waals surface area contributed by atoms with Crippen molar-refractivity contribution < 1.29 is 13.2 Å². The quantitative estimate of drug-likeness (QED) is 0.825. The van der Waals surface area contributed by atoms with Crippen molar-refractivity contribution in [3.8, 4) is 0 Å². The minimum atomic E-state index is -3.36. The Bertz CT molecular complexity index is 545. The largest absolute Gasteiger partial charge is 0.380 e. The Balaban J connectivity index is 2.03. The Morgan fingerprint density at radius 1 is 1.35 bits per heavy atom. The lowest BCUT2D eigenvalue weighted by molar-refractivity contribution is 0.0916. The van der Waals surface area contributed by atoms with Crippen LogP contribution in [-0.2, 0) is 27.1 Å². The number of benzene rings is 1. The van der Waals surface area contributed by atoms with Crippen LogP contribution in [0.5, 0.6) is 0 Å². The molecule has 0 heterocycles. The summed E-state index contributed by atoms with van der Waals surface area (Å²) in [6, 6.07) is 7.26. The fourth-order valence-corrected chi connectivity index (χ4v) is 4.11. The number of hydrogen-bond acceptors (Lipinski definition) is 4. The maximum Gasteiger partial charge on any atom is 0.216 e. The van der Waals surface area contributed by atoms with Crippen LogP contribution in [0.25, 0.3) is 0 Å². The van der Waals surface area contributed by atoms with E-state index in [1.807, 2.05) is 18.2 Å². The van der Waals surface area contributed by atoms with Gasteiger partial charge in [0.05, 0.1) is 11.9 Å². The molecule has 1 fully saturated rings. The van der Waals surface area contributed by atoms with Crippen LogP contribution in [0, 0.1) is 0 Å². The second-order valence-electron chi connectivity index (χ2n) is 5.21. The maximum absolute atomic E-state index is 12.2. The van der Waals surface area contributed by atoms with Gasteiger partial charge in [-0.2, -0.15) is 0 Å². The van der Waals surface area contributed by atoms with E-state index < -0.39 is 10.0 Å². The van der Waals surface area contributed by atoms with Crippen molar-refractivity contribution in [2.24, 2.45) is 5.73 Å². The monoisotopic (exact) mass is 298 g/mol. The van der Waals surface area contributed by atoms with Crippen LogP contribution >= 0.6 is 0 Å². The predicted molar refractivity (Wildman–Crippen MR) is 78.5 cm³/mol. The first-order valence-corrected chi connectivity index (χ1v) is 8.50. The summed E-state index contributed by atoms with van der Waals surface area (Å²) < 4.78 is 32.5. The van der Waals surface area contributed by atoms with Crippen LogP contribution in [0.3, 0.4) is 0 Å². The van der Waals surface area contributed by atoms with Crippen LogP contribution in [-0.4, -0.2) is 27.7 Å². The summed E-state index contributed by atoms with van der Waals surface area (Å²) in [4.78, 5) is 0. The third-order valence-corrected chi connectivity index (χ3v) is 5.05. The topological polar surface area (TPSA) is 81.4 Å².